The van der Waals surface area contributed by atoms with E-state index in [0.717, 1.165) is 37.0 Å². The summed E-state index contributed by atoms with van der Waals surface area (Å²) >= 11 is 0. The summed E-state index contributed by atoms with van der Waals surface area (Å²) in [7, 11) is 0. The van der Waals surface area contributed by atoms with Crippen molar-refractivity contribution < 1.29 is 9.18 Å². The zero-order valence-electron chi connectivity index (χ0n) is 11.4. The summed E-state index contributed by atoms with van der Waals surface area (Å²) in [6, 6.07) is 4.53. The van der Waals surface area contributed by atoms with Crippen molar-refractivity contribution in [1.82, 2.24) is 4.98 Å². The maximum atomic E-state index is 13.1. The van der Waals surface area contributed by atoms with Gasteiger partial charge >= 0.3 is 0 Å². The molecule has 4 aliphatic rings. The van der Waals surface area contributed by atoms with Crippen LogP contribution < -0.4 is 5.32 Å². The molecule has 1 aromatic rings. The average molecular weight is 274 g/mol. The van der Waals surface area contributed by atoms with Gasteiger partial charge < -0.3 is 5.32 Å². The number of aromatic nitrogens is 1. The number of carbonyl (C=O) groups excluding carboxylic acids is 1. The topological polar surface area (TPSA) is 42.0 Å². The van der Waals surface area contributed by atoms with E-state index in [1.807, 2.05) is 0 Å². The number of pyridine rings is 1. The molecule has 4 heteroatoms. The molecule has 1 N–H and O–H groups in total. The quantitative estimate of drug-likeness (QED) is 0.840. The second kappa shape index (κ2) is 4.27. The molecule has 0 saturated heterocycles. The van der Waals surface area contributed by atoms with Crippen molar-refractivity contribution in [1.29, 1.82) is 0 Å². The lowest BCUT2D eigenvalue weighted by Gasteiger charge is -2.55. The molecule has 0 unspecified atom stereocenters. The Morgan fingerprint density at radius 1 is 1.15 bits per heavy atom. The fourth-order valence-electron chi connectivity index (χ4n) is 5.12. The minimum absolute atomic E-state index is 0.0645. The first kappa shape index (κ1) is 12.3. The van der Waals surface area contributed by atoms with Gasteiger partial charge in [0, 0.05) is 0 Å². The first-order valence-electron chi connectivity index (χ1n) is 7.57. The second-order valence-electron chi connectivity index (χ2n) is 7.00. The van der Waals surface area contributed by atoms with Crippen LogP contribution in [0.3, 0.4) is 0 Å². The second-order valence-corrected chi connectivity index (χ2v) is 7.00. The van der Waals surface area contributed by atoms with Gasteiger partial charge in [-0.1, -0.05) is 6.07 Å². The predicted molar refractivity (Wildman–Crippen MR) is 73.4 cm³/mol. The third-order valence-corrected chi connectivity index (χ3v) is 5.48. The highest BCUT2D eigenvalue weighted by atomic mass is 19.1. The first-order valence-corrected chi connectivity index (χ1v) is 7.57. The summed E-state index contributed by atoms with van der Waals surface area (Å²) in [4.78, 5) is 16.4. The number of rotatable bonds is 2. The van der Waals surface area contributed by atoms with Gasteiger partial charge in [-0.25, -0.2) is 4.98 Å². The lowest BCUT2D eigenvalue weighted by molar-refractivity contribution is -0.140. The van der Waals surface area contributed by atoms with E-state index < -0.39 is 5.95 Å². The molecule has 4 bridgehead atoms. The summed E-state index contributed by atoms with van der Waals surface area (Å²) in [5, 5.41) is 2.85. The molecule has 4 fully saturated rings. The van der Waals surface area contributed by atoms with Crippen molar-refractivity contribution in [2.24, 2.45) is 23.2 Å². The Morgan fingerprint density at radius 2 is 1.75 bits per heavy atom. The Bertz CT molecular complexity index is 522. The minimum Gasteiger partial charge on any atom is -0.310 e. The van der Waals surface area contributed by atoms with Crippen molar-refractivity contribution in [2.75, 3.05) is 5.32 Å². The fraction of sp³-hybridized carbons (Fsp3) is 0.625. The zero-order chi connectivity index (χ0) is 13.7. The van der Waals surface area contributed by atoms with Gasteiger partial charge in [0.05, 0.1) is 5.41 Å². The summed E-state index contributed by atoms with van der Waals surface area (Å²) in [6.45, 7) is 0. The van der Waals surface area contributed by atoms with E-state index in [2.05, 4.69) is 10.3 Å². The SMILES string of the molecule is O=C(Nc1cccc(F)n1)C12CC3CC(CC(C3)C1)C2. The molecule has 1 amide bonds. The maximum Gasteiger partial charge on any atom is 0.231 e. The number of hydrogen-bond donors (Lipinski definition) is 1. The van der Waals surface area contributed by atoms with E-state index in [1.165, 1.54) is 25.3 Å². The molecular formula is C16H19FN2O. The Kier molecular flexibility index (Phi) is 2.63. The van der Waals surface area contributed by atoms with Gasteiger partial charge in [-0.05, 0) is 68.4 Å². The molecule has 0 aromatic carbocycles. The van der Waals surface area contributed by atoms with Crippen LogP contribution in [0.1, 0.15) is 38.5 Å². The maximum absolute atomic E-state index is 13.1. The third-order valence-electron chi connectivity index (χ3n) is 5.48. The summed E-state index contributed by atoms with van der Waals surface area (Å²) in [5.41, 5.74) is -0.206. The largest absolute Gasteiger partial charge is 0.310 e. The van der Waals surface area contributed by atoms with Gasteiger partial charge in [-0.3, -0.25) is 4.79 Å². The molecule has 0 aliphatic heterocycles. The summed E-state index contributed by atoms with van der Waals surface area (Å²) in [6.07, 6.45) is 6.97. The van der Waals surface area contributed by atoms with E-state index in [4.69, 9.17) is 0 Å². The average Bonchev–Trinajstić information content (AvgIpc) is 2.37. The van der Waals surface area contributed by atoms with Gasteiger partial charge in [0.1, 0.15) is 5.82 Å². The van der Waals surface area contributed by atoms with Gasteiger partial charge in [-0.2, -0.15) is 4.39 Å². The van der Waals surface area contributed by atoms with E-state index >= 15 is 0 Å². The number of carbonyl (C=O) groups is 1. The van der Waals surface area contributed by atoms with E-state index in [1.54, 1.807) is 12.1 Å². The minimum atomic E-state index is -0.548. The van der Waals surface area contributed by atoms with Crippen LogP contribution in [0.15, 0.2) is 18.2 Å². The molecule has 20 heavy (non-hydrogen) atoms. The number of anilines is 1. The first-order chi connectivity index (χ1) is 9.63. The van der Waals surface area contributed by atoms with Gasteiger partial charge in [0.2, 0.25) is 11.9 Å². The molecule has 0 radical (unpaired) electrons. The highest BCUT2D eigenvalue weighted by Gasteiger charge is 2.54. The summed E-state index contributed by atoms with van der Waals surface area (Å²) < 4.78 is 13.1. The van der Waals surface area contributed by atoms with Gasteiger partial charge in [0.15, 0.2) is 0 Å². The van der Waals surface area contributed by atoms with Crippen LogP contribution in [0.5, 0.6) is 0 Å². The molecule has 4 saturated carbocycles. The Hall–Kier alpha value is -1.45. The number of nitrogens with zero attached hydrogens (tertiary/aromatic N) is 1. The van der Waals surface area contributed by atoms with Crippen molar-refractivity contribution >= 4 is 11.7 Å². The Balaban J connectivity index is 1.56. The number of amides is 1. The molecule has 3 nitrogen and oxygen atoms in total. The highest BCUT2D eigenvalue weighted by Crippen LogP contribution is 2.60. The predicted octanol–water partition coefficient (Wildman–Crippen LogP) is 3.38. The fourth-order valence-corrected chi connectivity index (χ4v) is 5.12. The molecule has 1 aromatic heterocycles. The van der Waals surface area contributed by atoms with Crippen LogP contribution in [0.2, 0.25) is 0 Å². The third kappa shape index (κ3) is 1.93. The summed E-state index contributed by atoms with van der Waals surface area (Å²) in [5.74, 6) is 2.04. The lowest BCUT2D eigenvalue weighted by atomic mass is 9.49. The van der Waals surface area contributed by atoms with E-state index in [-0.39, 0.29) is 11.3 Å². The molecule has 4 aliphatic carbocycles. The van der Waals surface area contributed by atoms with Crippen molar-refractivity contribution in [3.63, 3.8) is 0 Å². The van der Waals surface area contributed by atoms with Crippen molar-refractivity contribution in [2.45, 2.75) is 38.5 Å². The van der Waals surface area contributed by atoms with E-state index in [0.29, 0.717) is 5.82 Å². The number of hydrogen-bond acceptors (Lipinski definition) is 2. The van der Waals surface area contributed by atoms with Gasteiger partial charge in [0.25, 0.3) is 0 Å². The molecule has 106 valence electrons. The standard InChI is InChI=1S/C16H19FN2O/c17-13-2-1-3-14(18-13)19-15(20)16-7-10-4-11(8-16)6-12(5-10)9-16/h1-3,10-12H,4-9H2,(H,18,19,20). The highest BCUT2D eigenvalue weighted by molar-refractivity contribution is 5.94. The monoisotopic (exact) mass is 274 g/mol. The normalized spacial score (nSPS) is 38.0. The van der Waals surface area contributed by atoms with Crippen LogP contribution in [-0.2, 0) is 4.79 Å². The number of halogens is 1. The Labute approximate surface area is 118 Å². The van der Waals surface area contributed by atoms with Crippen LogP contribution in [0.4, 0.5) is 10.2 Å². The molecule has 0 atom stereocenters. The van der Waals surface area contributed by atoms with Crippen LogP contribution >= 0.6 is 0 Å². The van der Waals surface area contributed by atoms with Gasteiger partial charge in [-0.15, -0.1) is 0 Å². The van der Waals surface area contributed by atoms with E-state index in [9.17, 15) is 9.18 Å². The van der Waals surface area contributed by atoms with Crippen molar-refractivity contribution in [3.05, 3.63) is 24.1 Å². The van der Waals surface area contributed by atoms with Crippen LogP contribution in [0.25, 0.3) is 0 Å². The van der Waals surface area contributed by atoms with Crippen LogP contribution in [0, 0.1) is 29.1 Å². The molecular weight excluding hydrogens is 255 g/mol. The zero-order valence-corrected chi connectivity index (χ0v) is 11.4. The van der Waals surface area contributed by atoms with Crippen molar-refractivity contribution in [3.8, 4) is 0 Å². The van der Waals surface area contributed by atoms with Crippen LogP contribution in [-0.4, -0.2) is 10.9 Å². The Morgan fingerprint density at radius 3 is 2.30 bits per heavy atom. The molecule has 0 spiro atoms. The number of nitrogens with one attached hydrogen (secondary N) is 1. The molecule has 5 rings (SSSR count). The molecule has 1 heterocycles. The smallest absolute Gasteiger partial charge is 0.231 e. The lowest BCUT2D eigenvalue weighted by Crippen LogP contribution is -2.51.